The third kappa shape index (κ3) is 7.41. The Morgan fingerprint density at radius 3 is 1.98 bits per heavy atom. The third-order valence-electron chi connectivity index (χ3n) is 12.3. The van der Waals surface area contributed by atoms with Gasteiger partial charge in [0.25, 0.3) is 0 Å². The van der Waals surface area contributed by atoms with E-state index in [1.54, 1.807) is 0 Å². The van der Waals surface area contributed by atoms with Crippen molar-refractivity contribution in [1.29, 1.82) is 0 Å². The Labute approximate surface area is 269 Å². The molecule has 260 valence electrons. The molecule has 0 aliphatic heterocycles. The highest BCUT2D eigenvalue weighted by molar-refractivity contribution is 7.81. The van der Waals surface area contributed by atoms with Gasteiger partial charge >= 0.3 is 31.2 Å². The maximum Gasteiger partial charge on any atom is 0.397 e. The summed E-state index contributed by atoms with van der Waals surface area (Å²) < 4.78 is 115. The first-order valence-electron chi connectivity index (χ1n) is 15.6. The minimum atomic E-state index is -5.09. The van der Waals surface area contributed by atoms with Crippen molar-refractivity contribution in [1.82, 2.24) is 0 Å². The number of hydrogen-bond acceptors (Lipinski definition) is 9. The van der Waals surface area contributed by atoms with Crippen LogP contribution in [0.15, 0.2) is 23.8 Å². The molecule has 10 atom stereocenters. The number of rotatable bonds is 10. The van der Waals surface area contributed by atoms with Crippen molar-refractivity contribution in [2.45, 2.75) is 118 Å². The normalized spacial score (nSPS) is 39.7. The summed E-state index contributed by atoms with van der Waals surface area (Å²) in [7, 11) is -15.1. The molecular weight excluding hydrogens is 649 g/mol. The first kappa shape index (κ1) is 36.9. The van der Waals surface area contributed by atoms with Crippen LogP contribution in [0.2, 0.25) is 0 Å². The quantitative estimate of drug-likeness (QED) is 0.185. The lowest BCUT2D eigenvalue weighted by Crippen LogP contribution is -2.60. The van der Waals surface area contributed by atoms with E-state index in [0.29, 0.717) is 11.8 Å². The Hall–Kier alpha value is -0.910. The topological polar surface area (TPSA) is 191 Å². The van der Waals surface area contributed by atoms with E-state index in [4.69, 9.17) is 12.5 Å². The lowest BCUT2D eigenvalue weighted by Gasteiger charge is -2.63. The van der Waals surface area contributed by atoms with E-state index >= 15 is 0 Å². The third-order valence-corrected chi connectivity index (χ3v) is 13.8. The summed E-state index contributed by atoms with van der Waals surface area (Å²) in [4.78, 5) is 0. The molecule has 15 heteroatoms. The van der Waals surface area contributed by atoms with Crippen molar-refractivity contribution in [3.05, 3.63) is 23.8 Å². The van der Waals surface area contributed by atoms with Gasteiger partial charge in [0.05, 0.1) is 6.10 Å². The van der Waals surface area contributed by atoms with Crippen LogP contribution in [0.1, 0.15) is 99.8 Å². The lowest BCUT2D eigenvalue weighted by atomic mass is 9.43. The Kier molecular flexibility index (Phi) is 9.76. The van der Waals surface area contributed by atoms with Gasteiger partial charge in [-0.3, -0.25) is 13.7 Å². The van der Waals surface area contributed by atoms with Crippen LogP contribution in [0.25, 0.3) is 0 Å². The van der Waals surface area contributed by atoms with Crippen molar-refractivity contribution in [3.63, 3.8) is 0 Å². The zero-order valence-electron chi connectivity index (χ0n) is 27.2. The van der Waals surface area contributed by atoms with Crippen molar-refractivity contribution < 1.29 is 51.5 Å². The SMILES string of the molecule is C=C(CC[C@@H](C)[C@H]1CC[C@@]2(C)[C@@H]3C[C@H](OS(=O)(=O)O)[C@H]4C[C@H](OS(=O)(=O)O)[C@@H](OS(=O)(=O)O)C[C@]4(C)C3=CC[C@]12C)C(C)(C)C. The maximum atomic E-state index is 12.1. The van der Waals surface area contributed by atoms with Crippen molar-refractivity contribution in [2.24, 2.45) is 45.3 Å². The molecule has 0 aromatic rings. The molecule has 4 aliphatic carbocycles. The van der Waals surface area contributed by atoms with Crippen LogP contribution < -0.4 is 0 Å². The molecule has 0 heterocycles. The Morgan fingerprint density at radius 1 is 0.911 bits per heavy atom. The molecule has 0 unspecified atom stereocenters. The van der Waals surface area contributed by atoms with Crippen LogP contribution in [-0.4, -0.2) is 57.2 Å². The van der Waals surface area contributed by atoms with Crippen molar-refractivity contribution >= 4 is 31.2 Å². The van der Waals surface area contributed by atoms with E-state index in [2.05, 4.69) is 54.2 Å². The highest BCUT2D eigenvalue weighted by Crippen LogP contribution is 2.72. The van der Waals surface area contributed by atoms with Gasteiger partial charge in [-0.05, 0) is 96.7 Å². The largest absolute Gasteiger partial charge is 0.397 e. The van der Waals surface area contributed by atoms with Gasteiger partial charge in [0.2, 0.25) is 0 Å². The van der Waals surface area contributed by atoms with E-state index in [0.717, 1.165) is 37.7 Å². The lowest BCUT2D eigenvalue weighted by molar-refractivity contribution is -0.122. The fourth-order valence-corrected chi connectivity index (χ4v) is 11.1. The Bertz CT molecular complexity index is 1530. The Morgan fingerprint density at radius 2 is 1.44 bits per heavy atom. The van der Waals surface area contributed by atoms with Gasteiger partial charge in [-0.2, -0.15) is 25.3 Å². The van der Waals surface area contributed by atoms with Crippen LogP contribution >= 0.6 is 0 Å². The minimum Gasteiger partial charge on any atom is -0.264 e. The molecule has 0 saturated heterocycles. The fourth-order valence-electron chi connectivity index (χ4n) is 9.58. The van der Waals surface area contributed by atoms with Crippen LogP contribution in [0.3, 0.4) is 0 Å². The Balaban J connectivity index is 1.75. The zero-order valence-corrected chi connectivity index (χ0v) is 29.7. The van der Waals surface area contributed by atoms with Gasteiger partial charge in [0.15, 0.2) is 0 Å². The van der Waals surface area contributed by atoms with E-state index in [9.17, 15) is 38.9 Å². The molecule has 3 fully saturated rings. The van der Waals surface area contributed by atoms with Gasteiger partial charge in [0, 0.05) is 0 Å². The number of hydrogen-bond donors (Lipinski definition) is 3. The molecule has 0 amide bonds. The summed E-state index contributed by atoms with van der Waals surface area (Å²) in [5.41, 5.74) is 0.724. The van der Waals surface area contributed by atoms with E-state index in [-0.39, 0.29) is 41.4 Å². The van der Waals surface area contributed by atoms with E-state index < -0.39 is 60.8 Å². The molecule has 3 saturated carbocycles. The molecule has 0 aromatic carbocycles. The van der Waals surface area contributed by atoms with Gasteiger partial charge in [-0.1, -0.05) is 72.3 Å². The number of fused-ring (bicyclic) bond motifs is 5. The van der Waals surface area contributed by atoms with Gasteiger partial charge in [0.1, 0.15) is 12.2 Å². The van der Waals surface area contributed by atoms with Crippen LogP contribution in [0.5, 0.6) is 0 Å². The van der Waals surface area contributed by atoms with Crippen molar-refractivity contribution in [3.8, 4) is 0 Å². The predicted molar refractivity (Wildman–Crippen MR) is 167 cm³/mol. The molecule has 0 spiro atoms. The summed E-state index contributed by atoms with van der Waals surface area (Å²) in [5, 5.41) is 0. The van der Waals surface area contributed by atoms with Crippen LogP contribution in [0, 0.1) is 45.3 Å². The van der Waals surface area contributed by atoms with Crippen molar-refractivity contribution in [2.75, 3.05) is 0 Å². The smallest absolute Gasteiger partial charge is 0.264 e. The summed E-state index contributed by atoms with van der Waals surface area (Å²) >= 11 is 0. The van der Waals surface area contributed by atoms with E-state index in [1.165, 1.54) is 5.57 Å². The van der Waals surface area contributed by atoms with Gasteiger partial charge in [-0.25, -0.2) is 12.5 Å². The molecule has 3 N–H and O–H groups in total. The second-order valence-electron chi connectivity index (χ2n) is 15.7. The second-order valence-corrected chi connectivity index (χ2v) is 18.8. The first-order valence-corrected chi connectivity index (χ1v) is 19.7. The fraction of sp³-hybridized carbons (Fsp3) is 0.867. The predicted octanol–water partition coefficient (Wildman–Crippen LogP) is 5.76. The molecule has 4 rings (SSSR count). The highest BCUT2D eigenvalue weighted by Gasteiger charge is 2.66. The van der Waals surface area contributed by atoms with Crippen LogP contribution in [0.4, 0.5) is 0 Å². The summed E-state index contributed by atoms with van der Waals surface area (Å²) in [5.74, 6) is -0.226. The minimum absolute atomic E-state index is 0.0226. The average molecular weight is 699 g/mol. The van der Waals surface area contributed by atoms with Gasteiger partial charge in [-0.15, -0.1) is 0 Å². The monoisotopic (exact) mass is 698 g/mol. The summed E-state index contributed by atoms with van der Waals surface area (Å²) in [6, 6.07) is 0. The molecule has 45 heavy (non-hydrogen) atoms. The van der Waals surface area contributed by atoms with E-state index in [1.807, 2.05) is 6.92 Å². The summed E-state index contributed by atoms with van der Waals surface area (Å²) in [6.45, 7) is 19.4. The number of allylic oxidation sites excluding steroid dienone is 3. The molecule has 0 bridgehead atoms. The molecule has 12 nitrogen and oxygen atoms in total. The average Bonchev–Trinajstić information content (AvgIpc) is 3.11. The first-order chi connectivity index (χ1) is 20.2. The maximum absolute atomic E-state index is 12.1. The molecule has 4 aliphatic rings. The molecular formula is C30H50O12S3. The molecule has 0 radical (unpaired) electrons. The summed E-state index contributed by atoms with van der Waals surface area (Å²) in [6.07, 6.45) is 2.13. The van der Waals surface area contributed by atoms with Gasteiger partial charge < -0.3 is 0 Å². The van der Waals surface area contributed by atoms with Crippen LogP contribution in [-0.2, 0) is 43.7 Å². The highest BCUT2D eigenvalue weighted by atomic mass is 32.3. The second kappa shape index (κ2) is 11.9. The standard InChI is InChI=1S/C30H50O12S3/c1-18(9-10-19(2)27(3,4)5)20-11-13-30(8)22-15-24(40-43(31,32)33)23-16-25(41-44(34,35)36)26(42-45(37,38)39)17-28(23,6)21(22)12-14-29(20,30)7/h12,18,20,22-26H,2,9-11,13-17H2,1,3-8H3,(H,31,32,33)(H,34,35,36)(H,37,38,39)/t18-,20-,22-,23-,24+,25+,26+,28-,29-,30+/m1/s1. The zero-order chi connectivity index (χ0) is 34.2. The molecule has 0 aromatic heterocycles.